The van der Waals surface area contributed by atoms with Gasteiger partial charge >= 0.3 is 0 Å². The molecule has 1 aliphatic rings. The van der Waals surface area contributed by atoms with Crippen molar-refractivity contribution in [2.45, 2.75) is 6.42 Å². The van der Waals surface area contributed by atoms with Gasteiger partial charge in [0.25, 0.3) is 11.9 Å². The van der Waals surface area contributed by atoms with Crippen LogP contribution in [0.2, 0.25) is 0 Å². The molecule has 0 atom stereocenters. The third-order valence-electron chi connectivity index (χ3n) is 3.14. The summed E-state index contributed by atoms with van der Waals surface area (Å²) in [5, 5.41) is 2.66. The molecule has 0 radical (unpaired) electrons. The van der Waals surface area contributed by atoms with E-state index in [4.69, 9.17) is 23.7 Å². The van der Waals surface area contributed by atoms with E-state index in [2.05, 4.69) is 10.3 Å². The molecule has 1 aliphatic heterocycles. The van der Waals surface area contributed by atoms with Gasteiger partial charge in [0.2, 0.25) is 6.79 Å². The van der Waals surface area contributed by atoms with Crippen molar-refractivity contribution in [2.24, 2.45) is 4.99 Å². The number of hydrogen-bond acceptors (Lipinski definition) is 7. The molecule has 1 aromatic rings. The molecule has 8 nitrogen and oxygen atoms in total. The van der Waals surface area contributed by atoms with Crippen LogP contribution in [0.3, 0.4) is 0 Å². The van der Waals surface area contributed by atoms with E-state index < -0.39 is 0 Å². The summed E-state index contributed by atoms with van der Waals surface area (Å²) in [4.78, 5) is 16.6. The van der Waals surface area contributed by atoms with Gasteiger partial charge in [-0.15, -0.1) is 0 Å². The maximum atomic E-state index is 12.4. The number of ether oxygens (including phenoxy) is 5. The Labute approximate surface area is 140 Å². The van der Waals surface area contributed by atoms with Crippen LogP contribution in [0.5, 0.6) is 11.5 Å². The first-order valence-electron chi connectivity index (χ1n) is 7.60. The van der Waals surface area contributed by atoms with Crippen LogP contribution in [0.1, 0.15) is 16.8 Å². The fraction of sp³-hybridized carbons (Fsp3) is 0.500. The number of aliphatic imine (C=N–C) groups is 1. The zero-order valence-corrected chi connectivity index (χ0v) is 13.9. The molecule has 0 bridgehead atoms. The molecule has 1 heterocycles. The van der Waals surface area contributed by atoms with Crippen LogP contribution in [0.4, 0.5) is 0 Å². The number of carbonyl (C=O) groups excluding carboxylic acids is 1. The van der Waals surface area contributed by atoms with Gasteiger partial charge in [-0.2, -0.15) is 0 Å². The molecule has 1 aromatic carbocycles. The van der Waals surface area contributed by atoms with Crippen LogP contribution in [0.15, 0.2) is 23.2 Å². The number of benzene rings is 1. The van der Waals surface area contributed by atoms with Gasteiger partial charge in [-0.1, -0.05) is 0 Å². The van der Waals surface area contributed by atoms with Crippen LogP contribution in [0, 0.1) is 0 Å². The number of amidine groups is 1. The first kappa shape index (κ1) is 18.0. The lowest BCUT2D eigenvalue weighted by Gasteiger charge is -2.11. The molecule has 0 aliphatic carbocycles. The summed E-state index contributed by atoms with van der Waals surface area (Å²) in [6.45, 7) is 1.92. The monoisotopic (exact) mass is 338 g/mol. The molecule has 132 valence electrons. The number of nitrogens with zero attached hydrogens (tertiary/aromatic N) is 1. The Morgan fingerprint density at radius 2 is 1.96 bits per heavy atom. The average Bonchev–Trinajstić information content (AvgIpc) is 3.06. The van der Waals surface area contributed by atoms with Gasteiger partial charge in [0.15, 0.2) is 11.5 Å². The lowest BCUT2D eigenvalue weighted by molar-refractivity contribution is 0.0953. The summed E-state index contributed by atoms with van der Waals surface area (Å²) in [5.41, 5.74) is 0.430. The molecule has 24 heavy (non-hydrogen) atoms. The Hall–Kier alpha value is -2.32. The van der Waals surface area contributed by atoms with E-state index in [1.807, 2.05) is 0 Å². The van der Waals surface area contributed by atoms with Crippen molar-refractivity contribution in [3.8, 4) is 11.5 Å². The summed E-state index contributed by atoms with van der Waals surface area (Å²) in [6.07, 6.45) is 0.730. The highest BCUT2D eigenvalue weighted by molar-refractivity contribution is 6.04. The average molecular weight is 338 g/mol. The Kier molecular flexibility index (Phi) is 7.31. The molecule has 0 fully saturated rings. The maximum Gasteiger partial charge on any atom is 0.291 e. The number of methoxy groups -OCH3 is 2. The van der Waals surface area contributed by atoms with E-state index in [-0.39, 0.29) is 18.7 Å². The van der Waals surface area contributed by atoms with Gasteiger partial charge < -0.3 is 23.7 Å². The van der Waals surface area contributed by atoms with Crippen LogP contribution in [-0.2, 0) is 14.2 Å². The third-order valence-corrected chi connectivity index (χ3v) is 3.14. The molecule has 8 heteroatoms. The Morgan fingerprint density at radius 1 is 1.17 bits per heavy atom. The summed E-state index contributed by atoms with van der Waals surface area (Å²) < 4.78 is 25.8. The number of amides is 1. The first-order chi connectivity index (χ1) is 11.7. The molecular weight excluding hydrogens is 316 g/mol. The highest BCUT2D eigenvalue weighted by atomic mass is 16.7. The van der Waals surface area contributed by atoms with Crippen LogP contribution in [-0.4, -0.2) is 59.3 Å². The van der Waals surface area contributed by atoms with E-state index in [9.17, 15) is 4.79 Å². The molecule has 2 rings (SSSR count). The number of hydrogen-bond donors (Lipinski definition) is 1. The molecule has 0 spiro atoms. The number of carbonyl (C=O) groups is 1. The largest absolute Gasteiger partial charge is 0.463 e. The van der Waals surface area contributed by atoms with E-state index >= 15 is 0 Å². The van der Waals surface area contributed by atoms with Crippen LogP contribution < -0.4 is 14.8 Å². The zero-order valence-electron chi connectivity index (χ0n) is 13.9. The van der Waals surface area contributed by atoms with Crippen molar-refractivity contribution in [1.82, 2.24) is 5.32 Å². The minimum Gasteiger partial charge on any atom is -0.463 e. The molecule has 1 amide bonds. The van der Waals surface area contributed by atoms with Crippen molar-refractivity contribution < 1.29 is 28.5 Å². The van der Waals surface area contributed by atoms with E-state index in [0.717, 1.165) is 6.42 Å². The predicted octanol–water partition coefficient (Wildman–Crippen LogP) is 1.20. The van der Waals surface area contributed by atoms with Gasteiger partial charge in [0, 0.05) is 32.9 Å². The second-order valence-corrected chi connectivity index (χ2v) is 4.90. The van der Waals surface area contributed by atoms with E-state index in [0.29, 0.717) is 43.4 Å². The van der Waals surface area contributed by atoms with Crippen molar-refractivity contribution in [3.05, 3.63) is 23.8 Å². The lowest BCUT2D eigenvalue weighted by Crippen LogP contribution is -2.33. The SMILES string of the molecule is COCCCN=C(NC(=O)c1ccc2c(c1)OCO2)OCCOC. The van der Waals surface area contributed by atoms with E-state index in [1.165, 1.54) is 0 Å². The van der Waals surface area contributed by atoms with Crippen molar-refractivity contribution in [2.75, 3.05) is 47.4 Å². The summed E-state index contributed by atoms with van der Waals surface area (Å²) in [7, 11) is 3.20. The molecule has 0 saturated heterocycles. The summed E-state index contributed by atoms with van der Waals surface area (Å²) in [5.74, 6) is 0.828. The summed E-state index contributed by atoms with van der Waals surface area (Å²) >= 11 is 0. The van der Waals surface area contributed by atoms with Crippen molar-refractivity contribution in [1.29, 1.82) is 0 Å². The maximum absolute atomic E-state index is 12.4. The number of fused-ring (bicyclic) bond motifs is 1. The van der Waals surface area contributed by atoms with Gasteiger partial charge in [0.05, 0.1) is 6.61 Å². The van der Waals surface area contributed by atoms with E-state index in [1.54, 1.807) is 32.4 Å². The van der Waals surface area contributed by atoms with Crippen LogP contribution >= 0.6 is 0 Å². The van der Waals surface area contributed by atoms with Gasteiger partial charge in [-0.25, -0.2) is 4.99 Å². The molecule has 0 saturated carbocycles. The minimum atomic E-state index is -0.337. The second-order valence-electron chi connectivity index (χ2n) is 4.90. The van der Waals surface area contributed by atoms with Crippen LogP contribution in [0.25, 0.3) is 0 Å². The number of nitrogens with one attached hydrogen (secondary N) is 1. The second kappa shape index (κ2) is 9.74. The quantitative estimate of drug-likeness (QED) is 0.435. The van der Waals surface area contributed by atoms with Crippen molar-refractivity contribution in [3.63, 3.8) is 0 Å². The predicted molar refractivity (Wildman–Crippen MR) is 86.7 cm³/mol. The minimum absolute atomic E-state index is 0.158. The van der Waals surface area contributed by atoms with Gasteiger partial charge in [0.1, 0.15) is 6.61 Å². The first-order valence-corrected chi connectivity index (χ1v) is 7.60. The standard InChI is InChI=1S/C16H22N2O6/c1-20-7-3-6-17-16(22-9-8-21-2)18-15(19)12-4-5-13-14(10-12)24-11-23-13/h4-5,10H,3,6-9,11H2,1-2H3,(H,17,18,19). The molecule has 0 aromatic heterocycles. The van der Waals surface area contributed by atoms with Crippen molar-refractivity contribution >= 4 is 11.9 Å². The summed E-state index contributed by atoms with van der Waals surface area (Å²) in [6, 6.07) is 5.12. The molecule has 1 N–H and O–H groups in total. The topological polar surface area (TPSA) is 87.6 Å². The zero-order chi connectivity index (χ0) is 17.2. The Morgan fingerprint density at radius 3 is 2.75 bits per heavy atom. The Bertz CT molecular complexity index is 576. The normalized spacial score (nSPS) is 13.0. The fourth-order valence-corrected chi connectivity index (χ4v) is 1.94. The smallest absolute Gasteiger partial charge is 0.291 e. The third kappa shape index (κ3) is 5.39. The van der Waals surface area contributed by atoms with Gasteiger partial charge in [-0.05, 0) is 24.6 Å². The lowest BCUT2D eigenvalue weighted by atomic mass is 10.2. The fourth-order valence-electron chi connectivity index (χ4n) is 1.94. The molecule has 0 unspecified atom stereocenters. The highest BCUT2D eigenvalue weighted by Crippen LogP contribution is 2.32. The van der Waals surface area contributed by atoms with Gasteiger partial charge in [-0.3, -0.25) is 10.1 Å². The highest BCUT2D eigenvalue weighted by Gasteiger charge is 2.17. The molecular formula is C16H22N2O6. The number of rotatable bonds is 8. The Balaban J connectivity index is 1.96.